The fourth-order valence-corrected chi connectivity index (χ4v) is 3.67. The molecule has 1 aliphatic rings. The zero-order chi connectivity index (χ0) is 19.5. The minimum Gasteiger partial charge on any atom is -0.370 e. The van der Waals surface area contributed by atoms with E-state index in [0.717, 1.165) is 56.6 Å². The van der Waals surface area contributed by atoms with E-state index >= 15 is 0 Å². The number of carbonyl (C=O) groups is 1. The van der Waals surface area contributed by atoms with E-state index in [4.69, 9.17) is 4.98 Å². The largest absolute Gasteiger partial charge is 0.370 e. The average Bonchev–Trinajstić information content (AvgIpc) is 3.11. The second kappa shape index (κ2) is 7.88. The van der Waals surface area contributed by atoms with Crippen molar-refractivity contribution in [2.45, 2.75) is 20.3 Å². The predicted molar refractivity (Wildman–Crippen MR) is 112 cm³/mol. The van der Waals surface area contributed by atoms with Gasteiger partial charge in [0.05, 0.1) is 0 Å². The maximum atomic E-state index is 11.5. The van der Waals surface area contributed by atoms with Crippen LogP contribution in [0.15, 0.2) is 36.5 Å². The molecule has 2 aromatic heterocycles. The van der Waals surface area contributed by atoms with E-state index in [1.54, 1.807) is 6.92 Å². The Labute approximate surface area is 164 Å². The third-order valence-corrected chi connectivity index (χ3v) is 5.23. The second-order valence-corrected chi connectivity index (χ2v) is 7.22. The number of para-hydroxylation sites is 1. The number of H-pyrrole nitrogens is 1. The van der Waals surface area contributed by atoms with Gasteiger partial charge in [-0.25, -0.2) is 4.98 Å². The first-order chi connectivity index (χ1) is 13.6. The number of rotatable bonds is 5. The van der Waals surface area contributed by atoms with Crippen LogP contribution in [0.4, 0.5) is 11.8 Å². The van der Waals surface area contributed by atoms with Crippen LogP contribution in [0, 0.1) is 6.92 Å². The number of aromatic nitrogens is 3. The highest BCUT2D eigenvalue weighted by atomic mass is 16.2. The molecule has 1 amide bonds. The first kappa shape index (κ1) is 18.3. The smallest absolute Gasteiger partial charge is 0.227 e. The third-order valence-electron chi connectivity index (χ3n) is 5.23. The van der Waals surface area contributed by atoms with Crippen molar-refractivity contribution in [3.05, 3.63) is 47.8 Å². The van der Waals surface area contributed by atoms with Crippen LogP contribution in [-0.2, 0) is 11.2 Å². The molecule has 0 bridgehead atoms. The zero-order valence-corrected chi connectivity index (χ0v) is 16.4. The topological polar surface area (TPSA) is 77.2 Å². The van der Waals surface area contributed by atoms with E-state index in [0.29, 0.717) is 0 Å². The zero-order valence-electron chi connectivity index (χ0n) is 16.4. The number of nitrogens with zero attached hydrogens (tertiary/aromatic N) is 4. The summed E-state index contributed by atoms with van der Waals surface area (Å²) in [6.45, 7) is 7.37. The molecule has 7 nitrogen and oxygen atoms in total. The number of anilines is 2. The van der Waals surface area contributed by atoms with Gasteiger partial charge in [-0.3, -0.25) is 4.79 Å². The highest BCUT2D eigenvalue weighted by Crippen LogP contribution is 2.19. The number of benzene rings is 1. The Morgan fingerprint density at radius 3 is 2.75 bits per heavy atom. The van der Waals surface area contributed by atoms with Crippen molar-refractivity contribution in [2.24, 2.45) is 0 Å². The van der Waals surface area contributed by atoms with Gasteiger partial charge in [0, 0.05) is 68.5 Å². The average molecular weight is 378 g/mol. The molecule has 2 N–H and O–H groups in total. The molecule has 28 heavy (non-hydrogen) atoms. The molecule has 0 unspecified atom stereocenters. The molecule has 1 saturated heterocycles. The summed E-state index contributed by atoms with van der Waals surface area (Å²) >= 11 is 0. The van der Waals surface area contributed by atoms with E-state index in [2.05, 4.69) is 44.6 Å². The van der Waals surface area contributed by atoms with Crippen LogP contribution < -0.4 is 10.2 Å². The van der Waals surface area contributed by atoms with Crippen LogP contribution in [0.25, 0.3) is 10.9 Å². The lowest BCUT2D eigenvalue weighted by atomic mass is 10.1. The number of carbonyl (C=O) groups excluding carboxylic acids is 1. The van der Waals surface area contributed by atoms with Crippen molar-refractivity contribution < 1.29 is 4.79 Å². The summed E-state index contributed by atoms with van der Waals surface area (Å²) in [6, 6.07) is 10.3. The molecule has 0 saturated carbocycles. The molecular weight excluding hydrogens is 352 g/mol. The number of hydrogen-bond acceptors (Lipinski definition) is 5. The first-order valence-corrected chi connectivity index (χ1v) is 9.75. The van der Waals surface area contributed by atoms with Crippen molar-refractivity contribution in [3.63, 3.8) is 0 Å². The fraction of sp³-hybridized carbons (Fsp3) is 0.381. The van der Waals surface area contributed by atoms with Gasteiger partial charge in [0.15, 0.2) is 0 Å². The number of nitrogens with one attached hydrogen (secondary N) is 2. The van der Waals surface area contributed by atoms with E-state index in [1.165, 1.54) is 16.5 Å². The van der Waals surface area contributed by atoms with E-state index < -0.39 is 0 Å². The summed E-state index contributed by atoms with van der Waals surface area (Å²) in [7, 11) is 0. The van der Waals surface area contributed by atoms with Crippen molar-refractivity contribution in [2.75, 3.05) is 42.9 Å². The van der Waals surface area contributed by atoms with E-state index in [9.17, 15) is 4.79 Å². The Hall–Kier alpha value is -3.09. The lowest BCUT2D eigenvalue weighted by Crippen LogP contribution is -2.48. The molecule has 1 aliphatic heterocycles. The van der Waals surface area contributed by atoms with Gasteiger partial charge in [-0.15, -0.1) is 0 Å². The van der Waals surface area contributed by atoms with Crippen LogP contribution in [0.5, 0.6) is 0 Å². The maximum Gasteiger partial charge on any atom is 0.227 e. The number of hydrogen-bond donors (Lipinski definition) is 2. The Bertz CT molecular complexity index is 974. The molecule has 146 valence electrons. The molecule has 3 heterocycles. The number of piperazine rings is 1. The normalized spacial score (nSPS) is 14.5. The summed E-state index contributed by atoms with van der Waals surface area (Å²) < 4.78 is 0. The summed E-state index contributed by atoms with van der Waals surface area (Å²) in [6.07, 6.45) is 3.00. The van der Waals surface area contributed by atoms with Crippen LogP contribution in [0.1, 0.15) is 18.2 Å². The summed E-state index contributed by atoms with van der Waals surface area (Å²) in [5.74, 6) is 1.71. The van der Waals surface area contributed by atoms with Crippen LogP contribution >= 0.6 is 0 Å². The summed E-state index contributed by atoms with van der Waals surface area (Å²) in [5, 5.41) is 4.71. The van der Waals surface area contributed by atoms with Gasteiger partial charge in [0.2, 0.25) is 11.9 Å². The number of aromatic amines is 1. The number of amides is 1. The Balaban J connectivity index is 1.39. The van der Waals surface area contributed by atoms with Gasteiger partial charge in [-0.2, -0.15) is 4.98 Å². The van der Waals surface area contributed by atoms with E-state index in [-0.39, 0.29) is 5.91 Å². The first-order valence-electron chi connectivity index (χ1n) is 9.75. The minimum absolute atomic E-state index is 0.129. The molecule has 0 spiro atoms. The van der Waals surface area contributed by atoms with Gasteiger partial charge in [-0.1, -0.05) is 18.2 Å². The van der Waals surface area contributed by atoms with Gasteiger partial charge in [0.1, 0.15) is 5.82 Å². The number of fused-ring (bicyclic) bond motifs is 1. The molecule has 1 aromatic carbocycles. The monoisotopic (exact) mass is 378 g/mol. The molecular formula is C21H26N6O. The van der Waals surface area contributed by atoms with Crippen molar-refractivity contribution in [1.29, 1.82) is 0 Å². The van der Waals surface area contributed by atoms with Gasteiger partial charge in [0.25, 0.3) is 0 Å². The third kappa shape index (κ3) is 3.93. The molecule has 4 rings (SSSR count). The van der Waals surface area contributed by atoms with Crippen molar-refractivity contribution in [1.82, 2.24) is 19.9 Å². The van der Waals surface area contributed by atoms with Crippen LogP contribution in [0.3, 0.4) is 0 Å². The quantitative estimate of drug-likeness (QED) is 0.714. The molecule has 3 aromatic rings. The van der Waals surface area contributed by atoms with Crippen molar-refractivity contribution >= 4 is 28.6 Å². The Morgan fingerprint density at radius 2 is 1.96 bits per heavy atom. The lowest BCUT2D eigenvalue weighted by molar-refractivity contribution is -0.129. The van der Waals surface area contributed by atoms with Crippen molar-refractivity contribution in [3.8, 4) is 0 Å². The highest BCUT2D eigenvalue weighted by Gasteiger charge is 2.21. The van der Waals surface area contributed by atoms with E-state index in [1.807, 2.05) is 24.0 Å². The SMILES string of the molecule is CC(=O)N1CCN(c2nc(C)cc(NCCc3c[nH]c4ccccc34)n2)CC1. The van der Waals surface area contributed by atoms with Gasteiger partial charge in [-0.05, 0) is 25.0 Å². The molecule has 0 atom stereocenters. The standard InChI is InChI=1S/C21H26N6O/c1-15-13-20(22-8-7-17-14-23-19-6-4-3-5-18(17)19)25-21(24-15)27-11-9-26(10-12-27)16(2)28/h3-6,13-14,23H,7-12H2,1-2H3,(H,22,24,25). The summed E-state index contributed by atoms with van der Waals surface area (Å²) in [5.41, 5.74) is 3.41. The fourth-order valence-electron chi connectivity index (χ4n) is 3.67. The lowest BCUT2D eigenvalue weighted by Gasteiger charge is -2.34. The molecule has 1 fully saturated rings. The van der Waals surface area contributed by atoms with Crippen LogP contribution in [0.2, 0.25) is 0 Å². The minimum atomic E-state index is 0.129. The number of aryl methyl sites for hydroxylation is 1. The second-order valence-electron chi connectivity index (χ2n) is 7.22. The molecule has 0 radical (unpaired) electrons. The molecule has 0 aliphatic carbocycles. The van der Waals surface area contributed by atoms with Crippen LogP contribution in [-0.4, -0.2) is 58.5 Å². The Kier molecular flexibility index (Phi) is 5.14. The Morgan fingerprint density at radius 1 is 1.18 bits per heavy atom. The maximum absolute atomic E-state index is 11.5. The van der Waals surface area contributed by atoms with Gasteiger partial charge < -0.3 is 20.1 Å². The summed E-state index contributed by atoms with van der Waals surface area (Å²) in [4.78, 5) is 28.1. The molecule has 7 heteroatoms. The predicted octanol–water partition coefficient (Wildman–Crippen LogP) is 2.59. The van der Waals surface area contributed by atoms with Gasteiger partial charge >= 0.3 is 0 Å². The highest BCUT2D eigenvalue weighted by molar-refractivity contribution is 5.83.